The second-order valence-electron chi connectivity index (χ2n) is 8.13. The van der Waals surface area contributed by atoms with E-state index >= 15 is 0 Å². The summed E-state index contributed by atoms with van der Waals surface area (Å²) in [5.41, 5.74) is 2.83. The van der Waals surface area contributed by atoms with Gasteiger partial charge in [-0.2, -0.15) is 0 Å². The Hall–Kier alpha value is -3.27. The van der Waals surface area contributed by atoms with Crippen molar-refractivity contribution in [1.82, 2.24) is 9.80 Å². The topological polar surface area (TPSA) is 79.0 Å². The summed E-state index contributed by atoms with van der Waals surface area (Å²) in [7, 11) is 3.79. The molecular formula is C26H27N3O4S2. The fourth-order valence-electron chi connectivity index (χ4n) is 3.13. The summed E-state index contributed by atoms with van der Waals surface area (Å²) in [6.45, 7) is 2.64. The summed E-state index contributed by atoms with van der Waals surface area (Å²) in [6, 6.07) is 16.2. The van der Waals surface area contributed by atoms with Crippen LogP contribution in [0.5, 0.6) is 0 Å². The van der Waals surface area contributed by atoms with Crippen LogP contribution in [-0.2, 0) is 14.3 Å². The fraction of sp³-hybridized carbons (Fsp3) is 0.231. The largest absolute Gasteiger partial charge is 0.461 e. The van der Waals surface area contributed by atoms with Gasteiger partial charge in [-0.25, -0.2) is 4.79 Å². The lowest BCUT2D eigenvalue weighted by Crippen LogP contribution is -2.36. The van der Waals surface area contributed by atoms with Crippen LogP contribution in [0.3, 0.4) is 0 Å². The zero-order valence-electron chi connectivity index (χ0n) is 19.8. The molecule has 0 saturated carbocycles. The SMILES string of the molecule is CC(/C=C1\SC(=S)N(CC(=O)Nc2ccc(C(=O)OCCN(C)C)cc2)C1=O)=C\c1ccccc1. The normalized spacial score (nSPS) is 15.1. The molecule has 2 aromatic rings. The number of nitrogens with one attached hydrogen (secondary N) is 1. The molecule has 2 aromatic carbocycles. The highest BCUT2D eigenvalue weighted by Crippen LogP contribution is 2.32. The van der Waals surface area contributed by atoms with Gasteiger partial charge >= 0.3 is 5.97 Å². The lowest BCUT2D eigenvalue weighted by atomic mass is 10.1. The lowest BCUT2D eigenvalue weighted by Gasteiger charge is -2.14. The zero-order valence-corrected chi connectivity index (χ0v) is 21.4. The molecule has 0 aromatic heterocycles. The number of allylic oxidation sites excluding steroid dienone is 2. The van der Waals surface area contributed by atoms with Crippen LogP contribution < -0.4 is 5.32 Å². The number of hydrogen-bond donors (Lipinski definition) is 1. The summed E-state index contributed by atoms with van der Waals surface area (Å²) >= 11 is 6.51. The average Bonchev–Trinajstić information content (AvgIpc) is 3.07. The summed E-state index contributed by atoms with van der Waals surface area (Å²) in [5, 5.41) is 2.73. The molecule has 2 amide bonds. The van der Waals surface area contributed by atoms with Gasteiger partial charge in [0.25, 0.3) is 5.91 Å². The quantitative estimate of drug-likeness (QED) is 0.308. The predicted octanol–water partition coefficient (Wildman–Crippen LogP) is 4.19. The van der Waals surface area contributed by atoms with Crippen LogP contribution in [0.1, 0.15) is 22.8 Å². The van der Waals surface area contributed by atoms with Gasteiger partial charge in [0, 0.05) is 12.2 Å². The first-order valence-corrected chi connectivity index (χ1v) is 12.2. The molecule has 1 fully saturated rings. The molecule has 1 saturated heterocycles. The second kappa shape index (κ2) is 12.4. The Balaban J connectivity index is 1.56. The average molecular weight is 510 g/mol. The van der Waals surface area contributed by atoms with E-state index < -0.39 is 5.97 Å². The maximum atomic E-state index is 12.8. The lowest BCUT2D eigenvalue weighted by molar-refractivity contribution is -0.126. The molecule has 1 heterocycles. The fourth-order valence-corrected chi connectivity index (χ4v) is 4.44. The Morgan fingerprint density at radius 3 is 2.46 bits per heavy atom. The van der Waals surface area contributed by atoms with Crippen molar-refractivity contribution in [3.05, 3.63) is 82.3 Å². The molecule has 9 heteroatoms. The van der Waals surface area contributed by atoms with E-state index in [0.717, 1.165) is 11.1 Å². The maximum absolute atomic E-state index is 12.8. The number of ether oxygens (including phenoxy) is 1. The van der Waals surface area contributed by atoms with Crippen molar-refractivity contribution >= 4 is 57.8 Å². The number of amides is 2. The van der Waals surface area contributed by atoms with E-state index in [4.69, 9.17) is 17.0 Å². The summed E-state index contributed by atoms with van der Waals surface area (Å²) in [5.74, 6) is -1.11. The molecule has 35 heavy (non-hydrogen) atoms. The van der Waals surface area contributed by atoms with E-state index in [0.29, 0.717) is 33.6 Å². The summed E-state index contributed by atoms with van der Waals surface area (Å²) in [4.78, 5) is 41.1. The first kappa shape index (κ1) is 26.3. The molecule has 0 atom stereocenters. The van der Waals surface area contributed by atoms with Crippen molar-refractivity contribution in [2.24, 2.45) is 0 Å². The highest BCUT2D eigenvalue weighted by atomic mass is 32.2. The van der Waals surface area contributed by atoms with E-state index in [1.54, 1.807) is 30.3 Å². The number of carbonyl (C=O) groups excluding carboxylic acids is 3. The van der Waals surface area contributed by atoms with Gasteiger partial charge in [0.15, 0.2) is 0 Å². The van der Waals surface area contributed by atoms with Crippen LogP contribution in [0.2, 0.25) is 0 Å². The number of nitrogens with zero attached hydrogens (tertiary/aromatic N) is 2. The van der Waals surface area contributed by atoms with Crippen molar-refractivity contribution in [2.45, 2.75) is 6.92 Å². The minimum Gasteiger partial charge on any atom is -0.461 e. The molecule has 0 radical (unpaired) electrons. The summed E-state index contributed by atoms with van der Waals surface area (Å²) in [6.07, 6.45) is 3.75. The van der Waals surface area contributed by atoms with Crippen LogP contribution in [0.4, 0.5) is 5.69 Å². The van der Waals surface area contributed by atoms with Gasteiger partial charge in [-0.3, -0.25) is 14.5 Å². The molecule has 0 aliphatic carbocycles. The molecular weight excluding hydrogens is 482 g/mol. The number of carbonyl (C=O) groups is 3. The number of esters is 1. The Morgan fingerprint density at radius 1 is 1.11 bits per heavy atom. The number of hydrogen-bond acceptors (Lipinski definition) is 7. The molecule has 1 aliphatic heterocycles. The van der Waals surface area contributed by atoms with Crippen molar-refractivity contribution < 1.29 is 19.1 Å². The van der Waals surface area contributed by atoms with E-state index in [1.807, 2.05) is 62.3 Å². The minimum atomic E-state index is -0.425. The number of anilines is 1. The molecule has 0 spiro atoms. The Bertz CT molecular complexity index is 1160. The monoisotopic (exact) mass is 509 g/mol. The van der Waals surface area contributed by atoms with E-state index in [9.17, 15) is 14.4 Å². The van der Waals surface area contributed by atoms with Crippen molar-refractivity contribution in [2.75, 3.05) is 39.1 Å². The number of thiocarbonyl (C=S) groups is 1. The van der Waals surface area contributed by atoms with Crippen LogP contribution in [0, 0.1) is 0 Å². The number of benzene rings is 2. The van der Waals surface area contributed by atoms with Gasteiger partial charge in [-0.05, 0) is 62.5 Å². The third-order valence-corrected chi connectivity index (χ3v) is 6.28. The third kappa shape index (κ3) is 7.88. The molecule has 7 nitrogen and oxygen atoms in total. The Labute approximate surface area is 214 Å². The smallest absolute Gasteiger partial charge is 0.338 e. The van der Waals surface area contributed by atoms with Crippen molar-refractivity contribution in [3.8, 4) is 0 Å². The van der Waals surface area contributed by atoms with Crippen molar-refractivity contribution in [3.63, 3.8) is 0 Å². The molecule has 0 unspecified atom stereocenters. The van der Waals surface area contributed by atoms with Crippen LogP contribution in [-0.4, -0.2) is 65.7 Å². The van der Waals surface area contributed by atoms with Gasteiger partial charge in [0.05, 0.1) is 10.5 Å². The highest BCUT2D eigenvalue weighted by molar-refractivity contribution is 8.26. The minimum absolute atomic E-state index is 0.197. The number of likely N-dealkylation sites (N-methyl/N-ethyl adjacent to an activating group) is 1. The first-order chi connectivity index (χ1) is 16.7. The van der Waals surface area contributed by atoms with Gasteiger partial charge in [0.1, 0.15) is 17.5 Å². The van der Waals surface area contributed by atoms with Crippen LogP contribution >= 0.6 is 24.0 Å². The number of rotatable bonds is 9. The molecule has 3 rings (SSSR count). The number of thioether (sulfide) groups is 1. The molecule has 182 valence electrons. The maximum Gasteiger partial charge on any atom is 0.338 e. The van der Waals surface area contributed by atoms with E-state index in [1.165, 1.54) is 16.7 Å². The Kier molecular flexibility index (Phi) is 9.36. The molecule has 1 N–H and O–H groups in total. The van der Waals surface area contributed by atoms with E-state index in [-0.39, 0.29) is 18.4 Å². The first-order valence-electron chi connectivity index (χ1n) is 10.9. The van der Waals surface area contributed by atoms with Gasteiger partial charge in [-0.15, -0.1) is 0 Å². The summed E-state index contributed by atoms with van der Waals surface area (Å²) < 4.78 is 5.54. The van der Waals surface area contributed by atoms with Gasteiger partial charge in [0.2, 0.25) is 5.91 Å². The van der Waals surface area contributed by atoms with E-state index in [2.05, 4.69) is 5.32 Å². The Morgan fingerprint density at radius 2 is 1.80 bits per heavy atom. The highest BCUT2D eigenvalue weighted by Gasteiger charge is 2.33. The second-order valence-corrected chi connectivity index (χ2v) is 9.81. The van der Waals surface area contributed by atoms with Crippen molar-refractivity contribution in [1.29, 1.82) is 0 Å². The van der Waals surface area contributed by atoms with Crippen LogP contribution in [0.15, 0.2) is 71.2 Å². The van der Waals surface area contributed by atoms with Gasteiger partial charge in [-0.1, -0.05) is 60.4 Å². The predicted molar refractivity (Wildman–Crippen MR) is 144 cm³/mol. The standard InChI is InChI=1S/C26H27N3O4S2/c1-18(15-19-7-5-4-6-8-19)16-22-24(31)29(26(34)35-22)17-23(30)27-21-11-9-20(10-12-21)25(32)33-14-13-28(2)3/h4-12,15-16H,13-14,17H2,1-3H3,(H,27,30)/b18-15+,22-16-. The zero-order chi connectivity index (χ0) is 25.4. The molecule has 0 bridgehead atoms. The van der Waals surface area contributed by atoms with Crippen LogP contribution in [0.25, 0.3) is 6.08 Å². The third-order valence-electron chi connectivity index (χ3n) is 4.90. The van der Waals surface area contributed by atoms with Gasteiger partial charge < -0.3 is 15.0 Å². The molecule has 1 aliphatic rings.